The highest BCUT2D eigenvalue weighted by molar-refractivity contribution is 7.13. The van der Waals surface area contributed by atoms with Crippen molar-refractivity contribution in [2.45, 2.75) is 6.42 Å². The van der Waals surface area contributed by atoms with Crippen LogP contribution in [0.4, 0.5) is 5.88 Å². The molecule has 0 aliphatic rings. The van der Waals surface area contributed by atoms with Crippen LogP contribution in [0, 0.1) is 0 Å². The lowest BCUT2D eigenvalue weighted by molar-refractivity contribution is 0.0955. The second-order valence-electron chi connectivity index (χ2n) is 5.10. The summed E-state index contributed by atoms with van der Waals surface area (Å²) in [4.78, 5) is 13.3. The van der Waals surface area contributed by atoms with Gasteiger partial charge in [0, 0.05) is 6.54 Å². The maximum Gasteiger partial charge on any atom is 0.259 e. The minimum atomic E-state index is -0.286. The smallest absolute Gasteiger partial charge is 0.259 e. The maximum absolute atomic E-state index is 12.4. The van der Waals surface area contributed by atoms with Crippen LogP contribution in [0.5, 0.6) is 5.75 Å². The number of methoxy groups -OCH3 is 1. The minimum Gasteiger partial charge on any atom is -0.497 e. The number of nitrogen functional groups attached to an aromatic ring is 1. The summed E-state index contributed by atoms with van der Waals surface area (Å²) in [5.74, 6) is 0.548. The number of nitrogens with zero attached hydrogens (tertiary/aromatic N) is 1. The second-order valence-corrected chi connectivity index (χ2v) is 6.05. The zero-order chi connectivity index (χ0) is 16.9. The Morgan fingerprint density at radius 2 is 2.12 bits per heavy atom. The summed E-state index contributed by atoms with van der Waals surface area (Å²) >= 11 is 1.48. The molecule has 3 N–H and O–H groups in total. The van der Waals surface area contributed by atoms with Gasteiger partial charge in [0.2, 0.25) is 5.88 Å². The van der Waals surface area contributed by atoms with Crippen molar-refractivity contribution in [3.05, 3.63) is 52.9 Å². The third-order valence-corrected chi connectivity index (χ3v) is 4.43. The molecule has 24 heavy (non-hydrogen) atoms. The van der Waals surface area contributed by atoms with Gasteiger partial charge in [0.15, 0.2) is 0 Å². The van der Waals surface area contributed by atoms with Crippen LogP contribution >= 0.6 is 11.3 Å². The van der Waals surface area contributed by atoms with E-state index in [2.05, 4.69) is 10.5 Å². The zero-order valence-corrected chi connectivity index (χ0v) is 13.9. The van der Waals surface area contributed by atoms with Crippen molar-refractivity contribution >= 4 is 23.1 Å². The molecule has 0 saturated carbocycles. The van der Waals surface area contributed by atoms with Crippen LogP contribution in [0.25, 0.3) is 10.6 Å². The summed E-state index contributed by atoms with van der Waals surface area (Å²) in [6, 6.07) is 11.5. The van der Waals surface area contributed by atoms with Gasteiger partial charge in [-0.25, -0.2) is 0 Å². The van der Waals surface area contributed by atoms with Crippen molar-refractivity contribution in [1.29, 1.82) is 0 Å². The molecular weight excluding hydrogens is 326 g/mol. The Morgan fingerprint density at radius 3 is 2.79 bits per heavy atom. The first-order chi connectivity index (χ1) is 11.7. The van der Waals surface area contributed by atoms with Gasteiger partial charge in [-0.05, 0) is 35.6 Å². The lowest BCUT2D eigenvalue weighted by atomic mass is 10.1. The number of hydrogen-bond donors (Lipinski definition) is 2. The summed E-state index contributed by atoms with van der Waals surface area (Å²) in [7, 11) is 1.63. The van der Waals surface area contributed by atoms with Crippen molar-refractivity contribution in [3.8, 4) is 16.3 Å². The summed E-state index contributed by atoms with van der Waals surface area (Å²) in [5.41, 5.74) is 7.63. The number of anilines is 1. The van der Waals surface area contributed by atoms with Crippen LogP contribution in [0.1, 0.15) is 15.9 Å². The first-order valence-electron chi connectivity index (χ1n) is 7.39. The van der Waals surface area contributed by atoms with Gasteiger partial charge >= 0.3 is 0 Å². The Bertz CT molecular complexity index is 810. The lowest BCUT2D eigenvalue weighted by Crippen LogP contribution is -2.26. The third-order valence-electron chi connectivity index (χ3n) is 3.56. The van der Waals surface area contributed by atoms with E-state index >= 15 is 0 Å². The van der Waals surface area contributed by atoms with Crippen LogP contribution in [-0.2, 0) is 6.42 Å². The molecule has 0 fully saturated rings. The number of carbonyl (C=O) groups is 1. The number of nitrogens with one attached hydrogen (secondary N) is 1. The van der Waals surface area contributed by atoms with Gasteiger partial charge in [0.1, 0.15) is 17.0 Å². The van der Waals surface area contributed by atoms with E-state index in [0.717, 1.165) is 16.2 Å². The topological polar surface area (TPSA) is 90.4 Å². The predicted octanol–water partition coefficient (Wildman–Crippen LogP) is 2.97. The fraction of sp³-hybridized carbons (Fsp3) is 0.176. The molecule has 0 atom stereocenters. The average Bonchev–Trinajstić information content (AvgIpc) is 3.24. The van der Waals surface area contributed by atoms with Crippen LogP contribution in [0.3, 0.4) is 0 Å². The number of benzene rings is 1. The summed E-state index contributed by atoms with van der Waals surface area (Å²) in [6.45, 7) is 0.486. The van der Waals surface area contributed by atoms with E-state index < -0.39 is 0 Å². The molecule has 1 amide bonds. The SMILES string of the molecule is COc1ccc(CCNC(=O)c2c(-c3cccs3)noc2N)cc1. The second kappa shape index (κ2) is 7.18. The lowest BCUT2D eigenvalue weighted by Gasteiger charge is -2.06. The zero-order valence-electron chi connectivity index (χ0n) is 13.1. The van der Waals surface area contributed by atoms with E-state index in [9.17, 15) is 4.79 Å². The van der Waals surface area contributed by atoms with Gasteiger partial charge in [-0.3, -0.25) is 4.79 Å². The quantitative estimate of drug-likeness (QED) is 0.718. The van der Waals surface area contributed by atoms with Crippen LogP contribution in [0.2, 0.25) is 0 Å². The fourth-order valence-corrected chi connectivity index (χ4v) is 3.02. The highest BCUT2D eigenvalue weighted by Crippen LogP contribution is 2.30. The van der Waals surface area contributed by atoms with Gasteiger partial charge in [-0.1, -0.05) is 23.4 Å². The van der Waals surface area contributed by atoms with Gasteiger partial charge < -0.3 is 20.3 Å². The molecule has 124 valence electrons. The predicted molar refractivity (Wildman–Crippen MR) is 93.3 cm³/mol. The highest BCUT2D eigenvalue weighted by atomic mass is 32.1. The Hall–Kier alpha value is -2.80. The Kier molecular flexibility index (Phi) is 4.81. The molecule has 0 saturated heterocycles. The van der Waals surface area contributed by atoms with E-state index in [0.29, 0.717) is 18.7 Å². The first kappa shape index (κ1) is 16.1. The monoisotopic (exact) mass is 343 g/mol. The van der Waals surface area contributed by atoms with Crippen LogP contribution in [0.15, 0.2) is 46.3 Å². The molecule has 1 aromatic carbocycles. The average molecular weight is 343 g/mol. The standard InChI is InChI=1S/C17H17N3O3S/c1-22-12-6-4-11(5-7-12)8-9-19-17(21)14-15(20-23-16(14)18)13-3-2-10-24-13/h2-7,10H,8-9,18H2,1H3,(H,19,21). The van der Waals surface area contributed by atoms with Crippen molar-refractivity contribution in [2.24, 2.45) is 0 Å². The number of rotatable bonds is 6. The van der Waals surface area contributed by atoms with E-state index in [1.807, 2.05) is 41.8 Å². The normalized spacial score (nSPS) is 10.5. The van der Waals surface area contributed by atoms with E-state index in [1.165, 1.54) is 11.3 Å². The number of hydrogen-bond acceptors (Lipinski definition) is 6. The van der Waals surface area contributed by atoms with Crippen LogP contribution in [-0.4, -0.2) is 24.7 Å². The number of ether oxygens (including phenoxy) is 1. The highest BCUT2D eigenvalue weighted by Gasteiger charge is 2.22. The van der Waals surface area contributed by atoms with Gasteiger partial charge in [0.25, 0.3) is 5.91 Å². The van der Waals surface area contributed by atoms with Crippen molar-refractivity contribution in [1.82, 2.24) is 10.5 Å². The molecule has 0 aliphatic carbocycles. The molecule has 6 nitrogen and oxygen atoms in total. The fourth-order valence-electron chi connectivity index (χ4n) is 2.30. The maximum atomic E-state index is 12.4. The number of amides is 1. The van der Waals surface area contributed by atoms with Crippen molar-refractivity contribution < 1.29 is 14.1 Å². The number of nitrogens with two attached hydrogens (primary N) is 1. The first-order valence-corrected chi connectivity index (χ1v) is 8.27. The molecule has 0 spiro atoms. The summed E-state index contributed by atoms with van der Waals surface area (Å²) in [6.07, 6.45) is 0.704. The number of aromatic nitrogens is 1. The molecule has 0 aliphatic heterocycles. The molecule has 2 aromatic heterocycles. The largest absolute Gasteiger partial charge is 0.497 e. The molecule has 2 heterocycles. The van der Waals surface area contributed by atoms with Gasteiger partial charge in [-0.2, -0.15) is 0 Å². The Balaban J connectivity index is 1.64. The van der Waals surface area contributed by atoms with E-state index in [-0.39, 0.29) is 17.4 Å². The molecular formula is C17H17N3O3S. The Labute approximate surface area is 143 Å². The molecule has 7 heteroatoms. The minimum absolute atomic E-state index is 0.0281. The van der Waals surface area contributed by atoms with Crippen molar-refractivity contribution in [2.75, 3.05) is 19.4 Å². The van der Waals surface area contributed by atoms with E-state index in [4.69, 9.17) is 15.0 Å². The number of thiophene rings is 1. The number of carbonyl (C=O) groups excluding carboxylic acids is 1. The molecule has 0 bridgehead atoms. The summed E-state index contributed by atoms with van der Waals surface area (Å²) in [5, 5.41) is 8.67. The molecule has 3 rings (SSSR count). The molecule has 3 aromatic rings. The van der Waals surface area contributed by atoms with Gasteiger partial charge in [0.05, 0.1) is 12.0 Å². The van der Waals surface area contributed by atoms with Crippen LogP contribution < -0.4 is 15.8 Å². The third kappa shape index (κ3) is 3.41. The van der Waals surface area contributed by atoms with Crippen molar-refractivity contribution in [3.63, 3.8) is 0 Å². The van der Waals surface area contributed by atoms with Gasteiger partial charge in [-0.15, -0.1) is 11.3 Å². The Morgan fingerprint density at radius 1 is 1.33 bits per heavy atom. The molecule has 0 unspecified atom stereocenters. The molecule has 0 radical (unpaired) electrons. The van der Waals surface area contributed by atoms with E-state index in [1.54, 1.807) is 7.11 Å². The summed E-state index contributed by atoms with van der Waals surface area (Å²) < 4.78 is 10.1.